The second-order valence-corrected chi connectivity index (χ2v) is 11.0. The van der Waals surface area contributed by atoms with E-state index in [1.807, 2.05) is 52.0 Å². The van der Waals surface area contributed by atoms with E-state index in [1.165, 1.54) is 4.90 Å². The van der Waals surface area contributed by atoms with Crippen LogP contribution in [0.25, 0.3) is 0 Å². The number of anilines is 1. The minimum absolute atomic E-state index is 0.0882. The second-order valence-electron chi connectivity index (χ2n) is 8.26. The second kappa shape index (κ2) is 11.7. The third-order valence-electron chi connectivity index (χ3n) is 5.22. The maximum Gasteiger partial charge on any atom is 0.244 e. The van der Waals surface area contributed by atoms with Crippen LogP contribution in [0, 0.1) is 6.92 Å². The molecule has 2 aromatic carbocycles. The lowest BCUT2D eigenvalue weighted by molar-refractivity contribution is -0.140. The maximum atomic E-state index is 13.6. The molecule has 180 valence electrons. The number of sulfonamides is 1. The van der Waals surface area contributed by atoms with Crippen molar-refractivity contribution in [2.45, 2.75) is 52.7 Å². The molecule has 1 atom stereocenters. The van der Waals surface area contributed by atoms with E-state index in [0.29, 0.717) is 16.6 Å². The predicted octanol–water partition coefficient (Wildman–Crippen LogP) is 3.86. The van der Waals surface area contributed by atoms with E-state index in [2.05, 4.69) is 21.2 Å². The van der Waals surface area contributed by atoms with Gasteiger partial charge in [0.25, 0.3) is 0 Å². The standard InChI is InChI=1S/C24H32BrN3O4S/c1-6-21(24(30)26-17(2)3)27(15-19-12-8-7-11-18(19)4)23(29)16-28(33(5,31)32)22-14-10-9-13-20(22)25/h7-14,17,21H,6,15-16H2,1-5H3,(H,26,30). The minimum atomic E-state index is -3.77. The Labute approximate surface area is 205 Å². The van der Waals surface area contributed by atoms with Crippen molar-refractivity contribution >= 4 is 43.5 Å². The Morgan fingerprint density at radius 2 is 1.67 bits per heavy atom. The van der Waals surface area contributed by atoms with Crippen molar-refractivity contribution < 1.29 is 18.0 Å². The van der Waals surface area contributed by atoms with E-state index in [9.17, 15) is 18.0 Å². The molecule has 1 N–H and O–H groups in total. The van der Waals surface area contributed by atoms with E-state index >= 15 is 0 Å². The third-order valence-corrected chi connectivity index (χ3v) is 7.02. The van der Waals surface area contributed by atoms with Crippen molar-refractivity contribution in [3.05, 3.63) is 64.1 Å². The zero-order valence-electron chi connectivity index (χ0n) is 19.7. The highest BCUT2D eigenvalue weighted by Gasteiger charge is 2.32. The summed E-state index contributed by atoms with van der Waals surface area (Å²) in [7, 11) is -3.77. The number of carbonyl (C=O) groups excluding carboxylic acids is 2. The summed E-state index contributed by atoms with van der Waals surface area (Å²) >= 11 is 3.38. The molecule has 0 saturated carbocycles. The fourth-order valence-corrected chi connectivity index (χ4v) is 5.00. The van der Waals surface area contributed by atoms with Crippen LogP contribution in [0.15, 0.2) is 53.0 Å². The van der Waals surface area contributed by atoms with Crippen molar-refractivity contribution in [1.29, 1.82) is 0 Å². The number of para-hydroxylation sites is 1. The summed E-state index contributed by atoms with van der Waals surface area (Å²) in [4.78, 5) is 28.1. The molecule has 0 radical (unpaired) electrons. The molecule has 0 aliphatic heterocycles. The smallest absolute Gasteiger partial charge is 0.244 e. The van der Waals surface area contributed by atoms with E-state index in [1.54, 1.807) is 24.3 Å². The van der Waals surface area contributed by atoms with Crippen molar-refractivity contribution in [2.24, 2.45) is 0 Å². The summed E-state index contributed by atoms with van der Waals surface area (Å²) in [5.41, 5.74) is 2.25. The molecule has 0 saturated heterocycles. The molecule has 0 bridgehead atoms. The molecule has 0 aliphatic rings. The van der Waals surface area contributed by atoms with Crippen LogP contribution in [0.2, 0.25) is 0 Å². The van der Waals surface area contributed by atoms with Gasteiger partial charge in [-0.1, -0.05) is 43.3 Å². The van der Waals surface area contributed by atoms with Crippen LogP contribution >= 0.6 is 15.9 Å². The topological polar surface area (TPSA) is 86.8 Å². The first-order valence-corrected chi connectivity index (χ1v) is 13.5. The molecule has 0 aromatic heterocycles. The molecule has 9 heteroatoms. The van der Waals surface area contributed by atoms with Gasteiger partial charge in [-0.05, 0) is 66.4 Å². The summed E-state index contributed by atoms with van der Waals surface area (Å²) in [6.07, 6.45) is 1.46. The number of rotatable bonds is 10. The van der Waals surface area contributed by atoms with Gasteiger partial charge in [-0.3, -0.25) is 13.9 Å². The van der Waals surface area contributed by atoms with Crippen LogP contribution in [0.5, 0.6) is 0 Å². The number of halogens is 1. The van der Waals surface area contributed by atoms with Crippen LogP contribution in [0.4, 0.5) is 5.69 Å². The van der Waals surface area contributed by atoms with Crippen LogP contribution < -0.4 is 9.62 Å². The minimum Gasteiger partial charge on any atom is -0.352 e. The summed E-state index contributed by atoms with van der Waals surface area (Å²) < 4.78 is 26.9. The molecule has 0 heterocycles. The lowest BCUT2D eigenvalue weighted by atomic mass is 10.1. The van der Waals surface area contributed by atoms with E-state index in [4.69, 9.17) is 0 Å². The quantitative estimate of drug-likeness (QED) is 0.498. The number of nitrogens with one attached hydrogen (secondary N) is 1. The van der Waals surface area contributed by atoms with Gasteiger partial charge in [0.05, 0.1) is 11.9 Å². The first-order chi connectivity index (χ1) is 15.5. The first-order valence-electron chi connectivity index (χ1n) is 10.8. The number of nitrogens with zero attached hydrogens (tertiary/aromatic N) is 2. The molecule has 2 rings (SSSR count). The molecule has 33 heavy (non-hydrogen) atoms. The fraction of sp³-hybridized carbons (Fsp3) is 0.417. The van der Waals surface area contributed by atoms with E-state index < -0.39 is 28.5 Å². The van der Waals surface area contributed by atoms with Crippen LogP contribution in [0.1, 0.15) is 38.3 Å². The Morgan fingerprint density at radius 1 is 1.06 bits per heavy atom. The van der Waals surface area contributed by atoms with Gasteiger partial charge in [-0.2, -0.15) is 0 Å². The first kappa shape index (κ1) is 26.9. The van der Waals surface area contributed by atoms with Crippen molar-refractivity contribution in [3.8, 4) is 0 Å². The Hall–Kier alpha value is -2.39. The highest BCUT2D eigenvalue weighted by molar-refractivity contribution is 9.10. The molecule has 0 fully saturated rings. The predicted molar refractivity (Wildman–Crippen MR) is 135 cm³/mol. The Balaban J connectivity index is 2.47. The normalized spacial score (nSPS) is 12.3. The molecular weight excluding hydrogens is 506 g/mol. The SMILES string of the molecule is CCC(C(=O)NC(C)C)N(Cc1ccccc1C)C(=O)CN(c1ccccc1Br)S(C)(=O)=O. The molecular formula is C24H32BrN3O4S. The molecule has 2 amide bonds. The largest absolute Gasteiger partial charge is 0.352 e. The van der Waals surface area contributed by atoms with E-state index in [-0.39, 0.29) is 18.5 Å². The lowest BCUT2D eigenvalue weighted by Crippen LogP contribution is -2.53. The molecule has 7 nitrogen and oxygen atoms in total. The fourth-order valence-electron chi connectivity index (χ4n) is 3.52. The van der Waals surface area contributed by atoms with Crippen LogP contribution in [0.3, 0.4) is 0 Å². The highest BCUT2D eigenvalue weighted by atomic mass is 79.9. The van der Waals surface area contributed by atoms with Gasteiger partial charge in [0.15, 0.2) is 0 Å². The average Bonchev–Trinajstić information content (AvgIpc) is 2.72. The molecule has 1 unspecified atom stereocenters. The van der Waals surface area contributed by atoms with Gasteiger partial charge in [-0.25, -0.2) is 8.42 Å². The third kappa shape index (κ3) is 7.30. The average molecular weight is 539 g/mol. The monoisotopic (exact) mass is 537 g/mol. The zero-order valence-corrected chi connectivity index (χ0v) is 22.1. The van der Waals surface area contributed by atoms with Crippen molar-refractivity contribution in [2.75, 3.05) is 17.1 Å². The van der Waals surface area contributed by atoms with Crippen molar-refractivity contribution in [1.82, 2.24) is 10.2 Å². The molecule has 0 spiro atoms. The molecule has 2 aromatic rings. The van der Waals surface area contributed by atoms with Crippen molar-refractivity contribution in [3.63, 3.8) is 0 Å². The lowest BCUT2D eigenvalue weighted by Gasteiger charge is -2.33. The zero-order chi connectivity index (χ0) is 24.8. The summed E-state index contributed by atoms with van der Waals surface area (Å²) in [5.74, 6) is -0.716. The number of aryl methyl sites for hydroxylation is 1. The summed E-state index contributed by atoms with van der Waals surface area (Å²) in [6.45, 7) is 7.27. The van der Waals surface area contributed by atoms with Gasteiger partial charge in [0, 0.05) is 17.1 Å². The Bertz CT molecular complexity index is 1090. The Kier molecular flexibility index (Phi) is 9.48. The molecule has 0 aliphatic carbocycles. The Morgan fingerprint density at radius 3 is 2.21 bits per heavy atom. The van der Waals surface area contributed by atoms with Gasteiger partial charge in [0.1, 0.15) is 12.6 Å². The number of benzene rings is 2. The van der Waals surface area contributed by atoms with Gasteiger partial charge in [0.2, 0.25) is 21.8 Å². The van der Waals surface area contributed by atoms with Gasteiger partial charge in [-0.15, -0.1) is 0 Å². The van der Waals surface area contributed by atoms with Crippen LogP contribution in [-0.4, -0.2) is 50.0 Å². The summed E-state index contributed by atoms with van der Waals surface area (Å²) in [5, 5.41) is 2.88. The van der Waals surface area contributed by atoms with Gasteiger partial charge < -0.3 is 10.2 Å². The number of hydrogen-bond donors (Lipinski definition) is 1. The van der Waals surface area contributed by atoms with Gasteiger partial charge >= 0.3 is 0 Å². The summed E-state index contributed by atoms with van der Waals surface area (Å²) in [6, 6.07) is 13.6. The van der Waals surface area contributed by atoms with E-state index in [0.717, 1.165) is 21.7 Å². The maximum absolute atomic E-state index is 13.6. The highest BCUT2D eigenvalue weighted by Crippen LogP contribution is 2.28. The van der Waals surface area contributed by atoms with Crippen LogP contribution in [-0.2, 0) is 26.2 Å². The number of amides is 2. The number of hydrogen-bond acceptors (Lipinski definition) is 4. The number of carbonyl (C=O) groups is 2.